The second kappa shape index (κ2) is 9.42. The minimum atomic E-state index is -1.15. The van der Waals surface area contributed by atoms with Gasteiger partial charge in [-0.1, -0.05) is 48.5 Å². The Kier molecular flexibility index (Phi) is 6.44. The molecule has 1 atom stereocenters. The molecule has 1 fully saturated rings. The fourth-order valence-electron chi connectivity index (χ4n) is 4.65. The summed E-state index contributed by atoms with van der Waals surface area (Å²) < 4.78 is 5.50. The first kappa shape index (κ1) is 21.9. The number of ether oxygens (including phenoxy) is 1. The third-order valence-electron chi connectivity index (χ3n) is 6.45. The molecular formula is C25H28N2O5. The molecule has 1 saturated carbocycles. The quantitative estimate of drug-likeness (QED) is 0.657. The summed E-state index contributed by atoms with van der Waals surface area (Å²) in [6.07, 6.45) is 1.61. The first-order valence-electron chi connectivity index (χ1n) is 11.1. The number of carbonyl (C=O) groups excluding carboxylic acids is 2. The Morgan fingerprint density at radius 2 is 1.66 bits per heavy atom. The molecule has 1 unspecified atom stereocenters. The summed E-state index contributed by atoms with van der Waals surface area (Å²) in [5.41, 5.74) is 4.41. The van der Waals surface area contributed by atoms with Crippen LogP contribution >= 0.6 is 0 Å². The van der Waals surface area contributed by atoms with E-state index < -0.39 is 24.5 Å². The number of hydrogen-bond donors (Lipinski definition) is 2. The maximum absolute atomic E-state index is 13.0. The standard InChI is InChI=1S/C25H28N2O5/c1-2-27(16-8-7-9-16)24(30)22(14-23(28)29)26-25(31)32-15-21-19-12-5-3-10-17(19)18-11-4-6-13-20(18)21/h3-6,10-13,16,21-22H,2,7-9,14-15H2,1H3,(H,26,31)(H,28,29). The van der Waals surface area contributed by atoms with Crippen LogP contribution in [0.4, 0.5) is 4.79 Å². The van der Waals surface area contributed by atoms with E-state index in [1.54, 1.807) is 4.90 Å². The van der Waals surface area contributed by atoms with E-state index in [4.69, 9.17) is 4.74 Å². The summed E-state index contributed by atoms with van der Waals surface area (Å²) in [5, 5.41) is 11.8. The molecule has 168 valence electrons. The molecule has 7 nitrogen and oxygen atoms in total. The molecular weight excluding hydrogens is 408 g/mol. The number of benzene rings is 2. The number of rotatable bonds is 8. The summed E-state index contributed by atoms with van der Waals surface area (Å²) in [6, 6.07) is 15.0. The normalized spacial score (nSPS) is 15.8. The van der Waals surface area contributed by atoms with Crippen molar-refractivity contribution in [3.63, 3.8) is 0 Å². The molecule has 7 heteroatoms. The van der Waals surface area contributed by atoms with E-state index in [9.17, 15) is 19.5 Å². The van der Waals surface area contributed by atoms with E-state index in [1.807, 2.05) is 43.3 Å². The molecule has 2 aromatic rings. The van der Waals surface area contributed by atoms with Crippen LogP contribution in [0.1, 0.15) is 49.7 Å². The number of carbonyl (C=O) groups is 3. The Morgan fingerprint density at radius 1 is 1.06 bits per heavy atom. The Morgan fingerprint density at radius 3 is 2.16 bits per heavy atom. The number of hydrogen-bond acceptors (Lipinski definition) is 4. The lowest BCUT2D eigenvalue weighted by Crippen LogP contribution is -2.54. The molecule has 0 heterocycles. The van der Waals surface area contributed by atoms with Crippen LogP contribution in [-0.2, 0) is 14.3 Å². The predicted molar refractivity (Wildman–Crippen MR) is 119 cm³/mol. The van der Waals surface area contributed by atoms with Crippen LogP contribution < -0.4 is 5.32 Å². The minimum absolute atomic E-state index is 0.105. The van der Waals surface area contributed by atoms with Gasteiger partial charge < -0.3 is 20.1 Å². The highest BCUT2D eigenvalue weighted by atomic mass is 16.5. The molecule has 4 rings (SSSR count). The van der Waals surface area contributed by atoms with Gasteiger partial charge in [0.25, 0.3) is 0 Å². The molecule has 0 aromatic heterocycles. The van der Waals surface area contributed by atoms with Crippen LogP contribution in [0.25, 0.3) is 11.1 Å². The van der Waals surface area contributed by atoms with Gasteiger partial charge in [-0.15, -0.1) is 0 Å². The van der Waals surface area contributed by atoms with Crippen molar-refractivity contribution in [2.45, 2.75) is 50.6 Å². The predicted octanol–water partition coefficient (Wildman–Crippen LogP) is 3.77. The van der Waals surface area contributed by atoms with E-state index >= 15 is 0 Å². The van der Waals surface area contributed by atoms with Crippen molar-refractivity contribution in [2.75, 3.05) is 13.2 Å². The second-order valence-corrected chi connectivity index (χ2v) is 8.33. The van der Waals surface area contributed by atoms with Gasteiger partial charge in [-0.2, -0.15) is 0 Å². The molecule has 2 aromatic carbocycles. The van der Waals surface area contributed by atoms with Crippen LogP contribution in [0.3, 0.4) is 0 Å². The fourth-order valence-corrected chi connectivity index (χ4v) is 4.65. The van der Waals surface area contributed by atoms with Gasteiger partial charge in [-0.05, 0) is 48.4 Å². The lowest BCUT2D eigenvalue weighted by atomic mass is 9.91. The number of carboxylic acids is 1. The SMILES string of the molecule is CCN(C(=O)C(CC(=O)O)NC(=O)OCC1c2ccccc2-c2ccccc21)C1CCC1. The largest absolute Gasteiger partial charge is 0.481 e. The number of nitrogens with one attached hydrogen (secondary N) is 1. The molecule has 2 aliphatic rings. The highest BCUT2D eigenvalue weighted by Gasteiger charge is 2.35. The lowest BCUT2D eigenvalue weighted by Gasteiger charge is -2.38. The van der Waals surface area contributed by atoms with Crippen molar-refractivity contribution in [1.82, 2.24) is 10.2 Å². The van der Waals surface area contributed by atoms with Crippen molar-refractivity contribution >= 4 is 18.0 Å². The van der Waals surface area contributed by atoms with Gasteiger partial charge in [0, 0.05) is 18.5 Å². The second-order valence-electron chi connectivity index (χ2n) is 8.33. The van der Waals surface area contributed by atoms with Crippen LogP contribution in [-0.4, -0.2) is 53.2 Å². The van der Waals surface area contributed by atoms with Gasteiger partial charge in [0.15, 0.2) is 0 Å². The number of amides is 2. The molecule has 2 aliphatic carbocycles. The third kappa shape index (κ3) is 4.33. The summed E-state index contributed by atoms with van der Waals surface area (Å²) >= 11 is 0. The summed E-state index contributed by atoms with van der Waals surface area (Å²) in [5.74, 6) is -1.62. The fraction of sp³-hybridized carbons (Fsp3) is 0.400. The number of nitrogens with zero attached hydrogens (tertiary/aromatic N) is 1. The third-order valence-corrected chi connectivity index (χ3v) is 6.45. The van der Waals surface area contributed by atoms with Gasteiger partial charge in [0.1, 0.15) is 12.6 Å². The highest BCUT2D eigenvalue weighted by molar-refractivity contribution is 5.89. The Balaban J connectivity index is 1.44. The summed E-state index contributed by atoms with van der Waals surface area (Å²) in [6.45, 7) is 2.45. The van der Waals surface area contributed by atoms with E-state index in [1.165, 1.54) is 0 Å². The molecule has 0 spiro atoms. The molecule has 0 aliphatic heterocycles. The van der Waals surface area contributed by atoms with E-state index in [0.29, 0.717) is 6.54 Å². The van der Waals surface area contributed by atoms with Crippen LogP contribution in [0.5, 0.6) is 0 Å². The molecule has 2 N–H and O–H groups in total. The number of alkyl carbamates (subject to hydrolysis) is 1. The van der Waals surface area contributed by atoms with Crippen molar-refractivity contribution in [3.05, 3.63) is 59.7 Å². The van der Waals surface area contributed by atoms with Gasteiger partial charge in [0.05, 0.1) is 6.42 Å². The van der Waals surface area contributed by atoms with E-state index in [-0.39, 0.29) is 24.5 Å². The monoisotopic (exact) mass is 436 g/mol. The minimum Gasteiger partial charge on any atom is -0.481 e. The Bertz CT molecular complexity index is 971. The first-order chi connectivity index (χ1) is 15.5. The van der Waals surface area contributed by atoms with E-state index in [0.717, 1.165) is 41.5 Å². The molecule has 0 radical (unpaired) electrons. The van der Waals surface area contributed by atoms with Crippen molar-refractivity contribution in [1.29, 1.82) is 0 Å². The average molecular weight is 437 g/mol. The van der Waals surface area contributed by atoms with E-state index in [2.05, 4.69) is 17.4 Å². The highest BCUT2D eigenvalue weighted by Crippen LogP contribution is 2.44. The van der Waals surface area contributed by atoms with Crippen molar-refractivity contribution in [2.24, 2.45) is 0 Å². The zero-order valence-corrected chi connectivity index (χ0v) is 18.1. The maximum Gasteiger partial charge on any atom is 0.407 e. The average Bonchev–Trinajstić information content (AvgIpc) is 3.07. The van der Waals surface area contributed by atoms with Gasteiger partial charge in [-0.3, -0.25) is 9.59 Å². The smallest absolute Gasteiger partial charge is 0.407 e. The Hall–Kier alpha value is -3.35. The number of carboxylic acid groups (broad SMARTS) is 1. The number of aliphatic carboxylic acids is 1. The molecule has 0 saturated heterocycles. The Labute approximate surface area is 187 Å². The number of likely N-dealkylation sites (N-methyl/N-ethyl adjacent to an activating group) is 1. The zero-order chi connectivity index (χ0) is 22.7. The van der Waals surface area contributed by atoms with Gasteiger partial charge in [-0.25, -0.2) is 4.79 Å². The van der Waals surface area contributed by atoms with Crippen LogP contribution in [0.2, 0.25) is 0 Å². The first-order valence-corrected chi connectivity index (χ1v) is 11.1. The molecule has 32 heavy (non-hydrogen) atoms. The van der Waals surface area contributed by atoms with Gasteiger partial charge in [0.2, 0.25) is 5.91 Å². The maximum atomic E-state index is 13.0. The lowest BCUT2D eigenvalue weighted by molar-refractivity contribution is -0.144. The molecule has 0 bridgehead atoms. The summed E-state index contributed by atoms with van der Waals surface area (Å²) in [4.78, 5) is 38.6. The van der Waals surface area contributed by atoms with Gasteiger partial charge >= 0.3 is 12.1 Å². The molecule has 2 amide bonds. The van der Waals surface area contributed by atoms with Crippen molar-refractivity contribution < 1.29 is 24.2 Å². The van der Waals surface area contributed by atoms with Crippen LogP contribution in [0.15, 0.2) is 48.5 Å². The van der Waals surface area contributed by atoms with Crippen molar-refractivity contribution in [3.8, 4) is 11.1 Å². The summed E-state index contributed by atoms with van der Waals surface area (Å²) in [7, 11) is 0. The topological polar surface area (TPSA) is 95.9 Å². The number of fused-ring (bicyclic) bond motifs is 3. The van der Waals surface area contributed by atoms with Crippen LogP contribution in [0, 0.1) is 0 Å². The zero-order valence-electron chi connectivity index (χ0n) is 18.1.